The Labute approximate surface area is 98.1 Å². The van der Waals surface area contributed by atoms with Crippen LogP contribution in [0.1, 0.15) is 25.1 Å². The Morgan fingerprint density at radius 1 is 1.57 bits per heavy atom. The fourth-order valence-electron chi connectivity index (χ4n) is 1.33. The summed E-state index contributed by atoms with van der Waals surface area (Å²) in [5.74, 6) is 0.562. The Bertz CT molecular complexity index is 315. The van der Waals surface area contributed by atoms with E-state index in [1.54, 1.807) is 11.3 Å². The van der Waals surface area contributed by atoms with Crippen molar-refractivity contribution in [1.29, 1.82) is 0 Å². The Morgan fingerprint density at radius 3 is 2.71 bits per heavy atom. The van der Waals surface area contributed by atoms with E-state index in [4.69, 9.17) is 5.73 Å². The van der Waals surface area contributed by atoms with Gasteiger partial charge in [-0.3, -0.25) is 0 Å². The molecule has 0 amide bonds. The van der Waals surface area contributed by atoms with E-state index in [9.17, 15) is 0 Å². The average molecular weight is 274 g/mol. The highest BCUT2D eigenvalue weighted by Crippen LogP contribution is 2.32. The van der Waals surface area contributed by atoms with E-state index in [0.29, 0.717) is 5.92 Å². The number of nitrogens with two attached hydrogens (primary N) is 1. The van der Waals surface area contributed by atoms with E-state index in [0.717, 1.165) is 13.0 Å². The van der Waals surface area contributed by atoms with Crippen molar-refractivity contribution in [2.45, 2.75) is 20.3 Å². The highest BCUT2D eigenvalue weighted by Gasteiger charge is 2.08. The van der Waals surface area contributed by atoms with Crippen LogP contribution in [0.4, 0.5) is 0 Å². The molecule has 1 rings (SSSR count). The molecule has 1 aromatic rings. The van der Waals surface area contributed by atoms with Crippen molar-refractivity contribution < 1.29 is 0 Å². The van der Waals surface area contributed by atoms with Crippen molar-refractivity contribution in [3.8, 4) is 0 Å². The van der Waals surface area contributed by atoms with Crippen LogP contribution in [0.15, 0.2) is 22.0 Å². The predicted octanol–water partition coefficient (Wildman–Crippen LogP) is 3.90. The lowest BCUT2D eigenvalue weighted by molar-refractivity contribution is 0.850. The molecule has 2 N–H and O–H groups in total. The standard InChI is InChI=1S/C11H16BrNS/c1-8(2)9(4-3-7-13)10-5-6-11(12)14-10/h4-6,8H,3,7,13H2,1-2H3/b9-4+. The molecule has 0 saturated heterocycles. The monoisotopic (exact) mass is 273 g/mol. The van der Waals surface area contributed by atoms with Gasteiger partial charge in [0.2, 0.25) is 0 Å². The predicted molar refractivity (Wildman–Crippen MR) is 68.5 cm³/mol. The highest BCUT2D eigenvalue weighted by molar-refractivity contribution is 9.11. The van der Waals surface area contributed by atoms with Crippen LogP contribution in [0.5, 0.6) is 0 Å². The number of halogens is 1. The molecule has 0 radical (unpaired) electrons. The third-order valence-corrected chi connectivity index (χ3v) is 3.68. The van der Waals surface area contributed by atoms with Crippen LogP contribution >= 0.6 is 27.3 Å². The smallest absolute Gasteiger partial charge is 0.0704 e. The van der Waals surface area contributed by atoms with Crippen LogP contribution in [0, 0.1) is 5.92 Å². The minimum absolute atomic E-state index is 0.562. The molecule has 0 spiro atoms. The largest absolute Gasteiger partial charge is 0.330 e. The van der Waals surface area contributed by atoms with Crippen LogP contribution in [-0.4, -0.2) is 6.54 Å². The summed E-state index contributed by atoms with van der Waals surface area (Å²) < 4.78 is 1.19. The summed E-state index contributed by atoms with van der Waals surface area (Å²) in [6, 6.07) is 4.26. The van der Waals surface area contributed by atoms with E-state index in [-0.39, 0.29) is 0 Å². The number of thiophene rings is 1. The van der Waals surface area contributed by atoms with E-state index in [1.807, 2.05) is 0 Å². The van der Waals surface area contributed by atoms with Crippen molar-refractivity contribution in [3.05, 3.63) is 26.9 Å². The first kappa shape index (κ1) is 12.0. The third kappa shape index (κ3) is 3.23. The molecule has 0 fully saturated rings. The zero-order chi connectivity index (χ0) is 10.6. The molecule has 1 aromatic heterocycles. The van der Waals surface area contributed by atoms with Gasteiger partial charge in [0.05, 0.1) is 3.79 Å². The van der Waals surface area contributed by atoms with Crippen molar-refractivity contribution >= 4 is 32.8 Å². The molecule has 3 heteroatoms. The van der Waals surface area contributed by atoms with Gasteiger partial charge in [0.25, 0.3) is 0 Å². The molecule has 1 nitrogen and oxygen atoms in total. The summed E-state index contributed by atoms with van der Waals surface area (Å²) in [4.78, 5) is 1.35. The quantitative estimate of drug-likeness (QED) is 0.885. The first-order valence-electron chi connectivity index (χ1n) is 4.81. The van der Waals surface area contributed by atoms with Gasteiger partial charge < -0.3 is 5.73 Å². The first-order chi connectivity index (χ1) is 6.65. The fourth-order valence-corrected chi connectivity index (χ4v) is 2.90. The van der Waals surface area contributed by atoms with Gasteiger partial charge >= 0.3 is 0 Å². The summed E-state index contributed by atoms with van der Waals surface area (Å²) in [6.45, 7) is 5.16. The molecule has 0 bridgehead atoms. The second-order valence-electron chi connectivity index (χ2n) is 3.50. The Hall–Kier alpha value is -0.120. The Balaban J connectivity index is 2.88. The summed E-state index contributed by atoms with van der Waals surface area (Å²) in [5.41, 5.74) is 6.92. The van der Waals surface area contributed by atoms with Gasteiger partial charge in [0.15, 0.2) is 0 Å². The number of hydrogen-bond acceptors (Lipinski definition) is 2. The van der Waals surface area contributed by atoms with E-state index >= 15 is 0 Å². The normalized spacial score (nSPS) is 12.5. The molecule has 78 valence electrons. The SMILES string of the molecule is CC(C)/C(=C\CCN)c1ccc(Br)s1. The van der Waals surface area contributed by atoms with Gasteiger partial charge in [0, 0.05) is 4.88 Å². The second kappa shape index (κ2) is 5.69. The third-order valence-electron chi connectivity index (χ3n) is 2.01. The van der Waals surface area contributed by atoms with Gasteiger partial charge in [0.1, 0.15) is 0 Å². The minimum Gasteiger partial charge on any atom is -0.330 e. The fraction of sp³-hybridized carbons (Fsp3) is 0.455. The van der Waals surface area contributed by atoms with E-state index < -0.39 is 0 Å². The molecule has 0 unspecified atom stereocenters. The van der Waals surface area contributed by atoms with Crippen LogP contribution in [0.3, 0.4) is 0 Å². The number of allylic oxidation sites excluding steroid dienone is 1. The maximum Gasteiger partial charge on any atom is 0.0704 e. The van der Waals surface area contributed by atoms with Crippen molar-refractivity contribution in [3.63, 3.8) is 0 Å². The van der Waals surface area contributed by atoms with E-state index in [2.05, 4.69) is 48.0 Å². The van der Waals surface area contributed by atoms with Crippen LogP contribution < -0.4 is 5.73 Å². The lowest BCUT2D eigenvalue weighted by Gasteiger charge is -2.08. The zero-order valence-corrected chi connectivity index (χ0v) is 11.0. The highest BCUT2D eigenvalue weighted by atomic mass is 79.9. The molecule has 0 aromatic carbocycles. The molecule has 0 aliphatic heterocycles. The Morgan fingerprint density at radius 2 is 2.29 bits per heavy atom. The van der Waals surface area contributed by atoms with Crippen molar-refractivity contribution in [1.82, 2.24) is 0 Å². The maximum atomic E-state index is 5.51. The summed E-state index contributed by atoms with van der Waals surface area (Å²) in [5, 5.41) is 0. The summed E-state index contributed by atoms with van der Waals surface area (Å²) >= 11 is 5.27. The Kier molecular flexibility index (Phi) is 4.85. The number of hydrogen-bond donors (Lipinski definition) is 1. The summed E-state index contributed by atoms with van der Waals surface area (Å²) in [7, 11) is 0. The molecular formula is C11H16BrNS. The van der Waals surface area contributed by atoms with Crippen molar-refractivity contribution in [2.24, 2.45) is 11.7 Å². The van der Waals surface area contributed by atoms with E-state index in [1.165, 1.54) is 14.2 Å². The van der Waals surface area contributed by atoms with Crippen molar-refractivity contribution in [2.75, 3.05) is 6.54 Å². The summed E-state index contributed by atoms with van der Waals surface area (Å²) in [6.07, 6.45) is 3.21. The molecule has 0 atom stereocenters. The van der Waals surface area contributed by atoms with Gasteiger partial charge in [-0.1, -0.05) is 19.9 Å². The molecule has 0 aliphatic carbocycles. The van der Waals surface area contributed by atoms with Crippen LogP contribution in [-0.2, 0) is 0 Å². The topological polar surface area (TPSA) is 26.0 Å². The molecule has 1 heterocycles. The maximum absolute atomic E-state index is 5.51. The molecular weight excluding hydrogens is 258 g/mol. The molecule has 0 saturated carbocycles. The lowest BCUT2D eigenvalue weighted by atomic mass is 10.0. The first-order valence-corrected chi connectivity index (χ1v) is 6.42. The van der Waals surface area contributed by atoms with Gasteiger partial charge in [-0.2, -0.15) is 0 Å². The lowest BCUT2D eigenvalue weighted by Crippen LogP contribution is -1.98. The van der Waals surface area contributed by atoms with Crippen LogP contribution in [0.25, 0.3) is 5.57 Å². The van der Waals surface area contributed by atoms with Gasteiger partial charge in [-0.05, 0) is 52.5 Å². The average Bonchev–Trinajstić information content (AvgIpc) is 2.52. The zero-order valence-electron chi connectivity index (χ0n) is 8.59. The van der Waals surface area contributed by atoms with Gasteiger partial charge in [-0.15, -0.1) is 11.3 Å². The molecule has 14 heavy (non-hydrogen) atoms. The van der Waals surface area contributed by atoms with Gasteiger partial charge in [-0.25, -0.2) is 0 Å². The minimum atomic E-state index is 0.562. The second-order valence-corrected chi connectivity index (χ2v) is 5.96. The number of rotatable bonds is 4. The molecule has 0 aliphatic rings. The van der Waals surface area contributed by atoms with Crippen LogP contribution in [0.2, 0.25) is 0 Å².